The van der Waals surface area contributed by atoms with Crippen LogP contribution in [0, 0.1) is 0 Å². The zero-order valence-corrected chi connectivity index (χ0v) is 10.5. The number of hydrogen-bond acceptors (Lipinski definition) is 1. The van der Waals surface area contributed by atoms with Crippen molar-refractivity contribution in [3.63, 3.8) is 0 Å². The van der Waals surface area contributed by atoms with Crippen molar-refractivity contribution in [1.82, 2.24) is 4.57 Å². The second-order valence-corrected chi connectivity index (χ2v) is 4.29. The molecule has 0 aliphatic rings. The summed E-state index contributed by atoms with van der Waals surface area (Å²) >= 11 is 0. The molecular formula is C15H18N2O. The largest absolute Gasteiger partial charge is 0.342 e. The molecule has 18 heavy (non-hydrogen) atoms. The van der Waals surface area contributed by atoms with E-state index < -0.39 is 0 Å². The third-order valence-electron chi connectivity index (χ3n) is 2.89. The van der Waals surface area contributed by atoms with Crippen LogP contribution in [0.3, 0.4) is 0 Å². The van der Waals surface area contributed by atoms with Crippen LogP contribution in [0.2, 0.25) is 0 Å². The molecule has 0 spiro atoms. The molecule has 1 atom stereocenters. The SMILES string of the molecule is CCCC(C(=O)Nc1ccccc1)n1cccc1. The number of aromatic nitrogens is 1. The molecule has 2 rings (SSSR count). The molecule has 3 nitrogen and oxygen atoms in total. The van der Waals surface area contributed by atoms with Crippen LogP contribution in [0.5, 0.6) is 0 Å². The molecule has 0 fully saturated rings. The first kappa shape index (κ1) is 12.4. The van der Waals surface area contributed by atoms with E-state index in [1.54, 1.807) is 0 Å². The number of benzene rings is 1. The van der Waals surface area contributed by atoms with Crippen molar-refractivity contribution in [1.29, 1.82) is 0 Å². The third-order valence-corrected chi connectivity index (χ3v) is 2.89. The number of nitrogens with one attached hydrogen (secondary N) is 1. The van der Waals surface area contributed by atoms with Gasteiger partial charge in [-0.15, -0.1) is 0 Å². The van der Waals surface area contributed by atoms with E-state index in [2.05, 4.69) is 12.2 Å². The molecule has 0 saturated heterocycles. The lowest BCUT2D eigenvalue weighted by atomic mass is 10.1. The van der Waals surface area contributed by atoms with Gasteiger partial charge in [0.2, 0.25) is 5.91 Å². The second kappa shape index (κ2) is 6.05. The van der Waals surface area contributed by atoms with Gasteiger partial charge >= 0.3 is 0 Å². The van der Waals surface area contributed by atoms with Crippen molar-refractivity contribution < 1.29 is 4.79 Å². The Morgan fingerprint density at radius 1 is 1.17 bits per heavy atom. The molecule has 1 aromatic carbocycles. The van der Waals surface area contributed by atoms with Crippen LogP contribution in [-0.2, 0) is 4.79 Å². The second-order valence-electron chi connectivity index (χ2n) is 4.29. The van der Waals surface area contributed by atoms with Gasteiger partial charge in [-0.05, 0) is 30.7 Å². The number of nitrogens with zero attached hydrogens (tertiary/aromatic N) is 1. The normalized spacial score (nSPS) is 12.1. The topological polar surface area (TPSA) is 34.0 Å². The highest BCUT2D eigenvalue weighted by atomic mass is 16.2. The van der Waals surface area contributed by atoms with E-state index in [1.807, 2.05) is 59.4 Å². The van der Waals surface area contributed by atoms with Gasteiger partial charge in [-0.3, -0.25) is 4.79 Å². The summed E-state index contributed by atoms with van der Waals surface area (Å²) in [4.78, 5) is 12.3. The Morgan fingerprint density at radius 2 is 1.83 bits per heavy atom. The van der Waals surface area contributed by atoms with E-state index in [0.717, 1.165) is 18.5 Å². The molecule has 1 unspecified atom stereocenters. The maximum atomic E-state index is 12.3. The van der Waals surface area contributed by atoms with Gasteiger partial charge in [-0.25, -0.2) is 0 Å². The minimum Gasteiger partial charge on any atom is -0.342 e. The highest BCUT2D eigenvalue weighted by molar-refractivity contribution is 5.93. The summed E-state index contributed by atoms with van der Waals surface area (Å²) in [6, 6.07) is 13.3. The summed E-state index contributed by atoms with van der Waals surface area (Å²) in [5, 5.41) is 2.96. The molecular weight excluding hydrogens is 224 g/mol. The minimum atomic E-state index is -0.134. The molecule has 94 valence electrons. The number of hydrogen-bond donors (Lipinski definition) is 1. The van der Waals surface area contributed by atoms with Gasteiger partial charge in [-0.1, -0.05) is 31.5 Å². The number of amides is 1. The highest BCUT2D eigenvalue weighted by Gasteiger charge is 2.18. The summed E-state index contributed by atoms with van der Waals surface area (Å²) in [5.74, 6) is 0.0410. The van der Waals surface area contributed by atoms with Crippen LogP contribution in [0.4, 0.5) is 5.69 Å². The van der Waals surface area contributed by atoms with Gasteiger partial charge in [0.1, 0.15) is 6.04 Å². The van der Waals surface area contributed by atoms with Gasteiger partial charge in [0, 0.05) is 18.1 Å². The van der Waals surface area contributed by atoms with Crippen LogP contribution in [-0.4, -0.2) is 10.5 Å². The predicted molar refractivity (Wildman–Crippen MR) is 73.4 cm³/mol. The lowest BCUT2D eigenvalue weighted by Crippen LogP contribution is -2.25. The van der Waals surface area contributed by atoms with Crippen LogP contribution >= 0.6 is 0 Å². The third kappa shape index (κ3) is 3.00. The van der Waals surface area contributed by atoms with E-state index in [9.17, 15) is 4.79 Å². The monoisotopic (exact) mass is 242 g/mol. The zero-order valence-electron chi connectivity index (χ0n) is 10.5. The Kier molecular flexibility index (Phi) is 4.18. The maximum Gasteiger partial charge on any atom is 0.247 e. The standard InChI is InChI=1S/C15H18N2O/c1-2-8-14(17-11-6-7-12-17)15(18)16-13-9-4-3-5-10-13/h3-7,9-12,14H,2,8H2,1H3,(H,16,18). The highest BCUT2D eigenvalue weighted by Crippen LogP contribution is 2.17. The van der Waals surface area contributed by atoms with Crippen molar-refractivity contribution in [2.75, 3.05) is 5.32 Å². The molecule has 1 amide bonds. The summed E-state index contributed by atoms with van der Waals surface area (Å²) in [6.07, 6.45) is 5.69. The molecule has 0 radical (unpaired) electrons. The summed E-state index contributed by atoms with van der Waals surface area (Å²) < 4.78 is 1.96. The lowest BCUT2D eigenvalue weighted by Gasteiger charge is -2.18. The van der Waals surface area contributed by atoms with Gasteiger partial charge < -0.3 is 9.88 Å². The van der Waals surface area contributed by atoms with Crippen molar-refractivity contribution in [2.24, 2.45) is 0 Å². The van der Waals surface area contributed by atoms with Gasteiger partial charge in [0.05, 0.1) is 0 Å². The average Bonchev–Trinajstić information content (AvgIpc) is 2.90. The molecule has 0 aliphatic carbocycles. The van der Waals surface area contributed by atoms with Crippen LogP contribution < -0.4 is 5.32 Å². The lowest BCUT2D eigenvalue weighted by molar-refractivity contribution is -0.119. The fourth-order valence-corrected chi connectivity index (χ4v) is 1.99. The molecule has 1 N–H and O–H groups in total. The molecule has 0 saturated carbocycles. The quantitative estimate of drug-likeness (QED) is 0.855. The first-order valence-electron chi connectivity index (χ1n) is 6.29. The van der Waals surface area contributed by atoms with Crippen molar-refractivity contribution in [3.05, 3.63) is 54.9 Å². The van der Waals surface area contributed by atoms with Crippen LogP contribution in [0.25, 0.3) is 0 Å². The Hall–Kier alpha value is -2.03. The van der Waals surface area contributed by atoms with Gasteiger partial charge in [0.15, 0.2) is 0 Å². The molecule has 0 bridgehead atoms. The van der Waals surface area contributed by atoms with Gasteiger partial charge in [0.25, 0.3) is 0 Å². The Balaban J connectivity index is 2.09. The van der Waals surface area contributed by atoms with Crippen molar-refractivity contribution >= 4 is 11.6 Å². The van der Waals surface area contributed by atoms with E-state index >= 15 is 0 Å². The first-order chi connectivity index (χ1) is 8.81. The van der Waals surface area contributed by atoms with Crippen LogP contribution in [0.1, 0.15) is 25.8 Å². The molecule has 1 heterocycles. The van der Waals surface area contributed by atoms with E-state index in [-0.39, 0.29) is 11.9 Å². The van der Waals surface area contributed by atoms with Crippen molar-refractivity contribution in [2.45, 2.75) is 25.8 Å². The summed E-state index contributed by atoms with van der Waals surface area (Å²) in [7, 11) is 0. The number of carbonyl (C=O) groups excluding carboxylic acids is 1. The van der Waals surface area contributed by atoms with Gasteiger partial charge in [-0.2, -0.15) is 0 Å². The van der Waals surface area contributed by atoms with E-state index in [1.165, 1.54) is 0 Å². The Morgan fingerprint density at radius 3 is 2.44 bits per heavy atom. The average molecular weight is 242 g/mol. The van der Waals surface area contributed by atoms with Crippen molar-refractivity contribution in [3.8, 4) is 0 Å². The first-order valence-corrected chi connectivity index (χ1v) is 6.29. The fraction of sp³-hybridized carbons (Fsp3) is 0.267. The molecule has 3 heteroatoms. The predicted octanol–water partition coefficient (Wildman–Crippen LogP) is 3.47. The van der Waals surface area contributed by atoms with E-state index in [4.69, 9.17) is 0 Å². The molecule has 2 aromatic rings. The molecule has 0 aliphatic heterocycles. The fourth-order valence-electron chi connectivity index (χ4n) is 1.99. The number of para-hydroxylation sites is 1. The number of anilines is 1. The van der Waals surface area contributed by atoms with Crippen LogP contribution in [0.15, 0.2) is 54.9 Å². The summed E-state index contributed by atoms with van der Waals surface area (Å²) in [5.41, 5.74) is 0.843. The number of carbonyl (C=O) groups is 1. The zero-order chi connectivity index (χ0) is 12.8. The summed E-state index contributed by atoms with van der Waals surface area (Å²) in [6.45, 7) is 2.09. The Labute approximate surface area is 107 Å². The molecule has 1 aromatic heterocycles. The minimum absolute atomic E-state index is 0.0410. The Bertz CT molecular complexity index is 476. The number of rotatable bonds is 5. The van der Waals surface area contributed by atoms with E-state index in [0.29, 0.717) is 0 Å². The maximum absolute atomic E-state index is 12.3. The smallest absolute Gasteiger partial charge is 0.247 e.